The predicted molar refractivity (Wildman–Crippen MR) is 156 cm³/mol. The molecule has 2 heterocycles. The molecular formula is C31H41NO14. The van der Waals surface area contributed by atoms with Gasteiger partial charge in [0.25, 0.3) is 5.91 Å². The van der Waals surface area contributed by atoms with E-state index in [2.05, 4.69) is 0 Å². The highest BCUT2D eigenvalue weighted by Crippen LogP contribution is 2.28. The first-order valence-electron chi connectivity index (χ1n) is 14.6. The standard InChI is InChI=1S/C31H41NO14/c1-32(15-17-7-5-4-6-8-17)28(38)26-24(40-2)20(34)23(37)31(45-26)43-14-13-42-25-21(35)22(36)30(41-3)46-27(25)29(39)44-16-18-9-11-19(33)12-10-18/h4-12,20-27,30-31,33-37H,13-16H2,1-3H3/t20-,21-,22+,23+,24+,25+,26?,27?,30-,31-/m1/s1. The molecule has 254 valence electrons. The first-order chi connectivity index (χ1) is 22.0. The Bertz CT molecular complexity index is 1250. The summed E-state index contributed by atoms with van der Waals surface area (Å²) in [7, 11) is 4.07. The molecule has 2 unspecified atom stereocenters. The average Bonchev–Trinajstić information content (AvgIpc) is 3.06. The number of esters is 1. The molecule has 0 bridgehead atoms. The first-order valence-corrected chi connectivity index (χ1v) is 14.6. The Labute approximate surface area is 265 Å². The zero-order valence-electron chi connectivity index (χ0n) is 25.7. The van der Waals surface area contributed by atoms with Gasteiger partial charge in [-0.05, 0) is 23.3 Å². The van der Waals surface area contributed by atoms with Crippen LogP contribution in [0.1, 0.15) is 11.1 Å². The zero-order valence-corrected chi connectivity index (χ0v) is 25.7. The van der Waals surface area contributed by atoms with Gasteiger partial charge >= 0.3 is 5.97 Å². The second kappa shape index (κ2) is 16.6. The second-order valence-electron chi connectivity index (χ2n) is 10.9. The van der Waals surface area contributed by atoms with Crippen molar-refractivity contribution in [1.29, 1.82) is 0 Å². The Balaban J connectivity index is 1.36. The summed E-state index contributed by atoms with van der Waals surface area (Å²) in [4.78, 5) is 27.7. The number of hydrogen-bond donors (Lipinski definition) is 5. The van der Waals surface area contributed by atoms with Crippen LogP contribution in [-0.2, 0) is 55.9 Å². The second-order valence-corrected chi connectivity index (χ2v) is 10.9. The number of phenols is 1. The van der Waals surface area contributed by atoms with E-state index < -0.39 is 73.3 Å². The minimum absolute atomic E-state index is 0.0399. The van der Waals surface area contributed by atoms with Crippen molar-refractivity contribution >= 4 is 11.9 Å². The molecule has 2 aromatic rings. The number of amides is 1. The van der Waals surface area contributed by atoms with Crippen LogP contribution in [-0.4, -0.2) is 138 Å². The van der Waals surface area contributed by atoms with Crippen molar-refractivity contribution < 1.29 is 68.3 Å². The van der Waals surface area contributed by atoms with Gasteiger partial charge in [-0.3, -0.25) is 4.79 Å². The number of nitrogens with zero attached hydrogens (tertiary/aromatic N) is 1. The van der Waals surface area contributed by atoms with Crippen LogP contribution in [0.2, 0.25) is 0 Å². The molecule has 0 aromatic heterocycles. The lowest BCUT2D eigenvalue weighted by atomic mass is 9.97. The van der Waals surface area contributed by atoms with E-state index in [0.717, 1.165) is 5.56 Å². The molecule has 2 aliphatic heterocycles. The maximum Gasteiger partial charge on any atom is 0.338 e. The van der Waals surface area contributed by atoms with Crippen LogP contribution in [0.5, 0.6) is 5.75 Å². The molecule has 5 N–H and O–H groups in total. The van der Waals surface area contributed by atoms with Crippen molar-refractivity contribution in [3.8, 4) is 5.75 Å². The van der Waals surface area contributed by atoms with E-state index in [1.54, 1.807) is 19.2 Å². The fourth-order valence-corrected chi connectivity index (χ4v) is 5.17. The van der Waals surface area contributed by atoms with Crippen LogP contribution in [0.15, 0.2) is 54.6 Å². The third kappa shape index (κ3) is 8.57. The predicted octanol–water partition coefficient (Wildman–Crippen LogP) is -0.949. The van der Waals surface area contributed by atoms with Crippen molar-refractivity contribution in [2.75, 3.05) is 34.5 Å². The first kappa shape index (κ1) is 35.6. The minimum Gasteiger partial charge on any atom is -0.508 e. The molecule has 10 atom stereocenters. The third-order valence-electron chi connectivity index (χ3n) is 7.70. The van der Waals surface area contributed by atoms with Crippen molar-refractivity contribution in [3.63, 3.8) is 0 Å². The van der Waals surface area contributed by atoms with Gasteiger partial charge in [0.1, 0.15) is 49.0 Å². The monoisotopic (exact) mass is 651 g/mol. The van der Waals surface area contributed by atoms with Crippen LogP contribution in [0.25, 0.3) is 0 Å². The van der Waals surface area contributed by atoms with E-state index in [1.165, 1.54) is 31.3 Å². The maximum atomic E-state index is 13.3. The number of methoxy groups -OCH3 is 2. The quantitative estimate of drug-likeness (QED) is 0.131. The van der Waals surface area contributed by atoms with Gasteiger partial charge in [0.05, 0.1) is 13.2 Å². The van der Waals surface area contributed by atoms with Gasteiger partial charge in [0.2, 0.25) is 0 Å². The van der Waals surface area contributed by atoms with Gasteiger partial charge in [0.15, 0.2) is 24.8 Å². The summed E-state index contributed by atoms with van der Waals surface area (Å²) in [6, 6.07) is 15.2. The fourth-order valence-electron chi connectivity index (χ4n) is 5.17. The Hall–Kier alpha value is -3.22. The Morgan fingerprint density at radius 2 is 1.35 bits per heavy atom. The molecule has 2 saturated heterocycles. The molecule has 46 heavy (non-hydrogen) atoms. The topological polar surface area (TPSA) is 203 Å². The largest absolute Gasteiger partial charge is 0.508 e. The number of likely N-dealkylation sites (N-methyl/N-ethyl adjacent to an activating group) is 1. The molecule has 2 aliphatic rings. The van der Waals surface area contributed by atoms with E-state index in [9.17, 15) is 35.1 Å². The van der Waals surface area contributed by atoms with Crippen LogP contribution >= 0.6 is 0 Å². The van der Waals surface area contributed by atoms with Gasteiger partial charge in [-0.25, -0.2) is 4.79 Å². The van der Waals surface area contributed by atoms with E-state index in [-0.39, 0.29) is 32.1 Å². The number of rotatable bonds is 13. The molecule has 2 aromatic carbocycles. The Morgan fingerprint density at radius 3 is 2.00 bits per heavy atom. The number of carbonyl (C=O) groups excluding carboxylic acids is 2. The van der Waals surface area contributed by atoms with Crippen molar-refractivity contribution in [2.45, 2.75) is 74.6 Å². The lowest BCUT2D eigenvalue weighted by Gasteiger charge is -2.42. The molecule has 0 aliphatic carbocycles. The lowest BCUT2D eigenvalue weighted by Crippen LogP contribution is -2.63. The summed E-state index contributed by atoms with van der Waals surface area (Å²) >= 11 is 0. The smallest absolute Gasteiger partial charge is 0.338 e. The molecule has 15 heteroatoms. The highest BCUT2D eigenvalue weighted by atomic mass is 16.7. The molecule has 2 fully saturated rings. The summed E-state index contributed by atoms with van der Waals surface area (Å²) in [5.41, 5.74) is 1.44. The van der Waals surface area contributed by atoms with Crippen LogP contribution in [0.3, 0.4) is 0 Å². The molecule has 4 rings (SSSR count). The SMILES string of the molecule is CO[C@@H]1OC(C(=O)OCc2ccc(O)cc2)[C@@H](OCCO[C@@H]2OC(C(=O)N(C)Cc3ccccc3)[C@@H](OC)[C@H](O)[C@@H]2O)[C@H](O)[C@@H]1O. The summed E-state index contributed by atoms with van der Waals surface area (Å²) < 4.78 is 38.3. The van der Waals surface area contributed by atoms with Crippen molar-refractivity contribution in [1.82, 2.24) is 4.90 Å². The number of hydrogen-bond acceptors (Lipinski definition) is 14. The van der Waals surface area contributed by atoms with Gasteiger partial charge in [-0.15, -0.1) is 0 Å². The third-order valence-corrected chi connectivity index (χ3v) is 7.70. The van der Waals surface area contributed by atoms with Gasteiger partial charge in [-0.2, -0.15) is 0 Å². The van der Waals surface area contributed by atoms with Gasteiger partial charge in [-0.1, -0.05) is 42.5 Å². The fraction of sp³-hybridized carbons (Fsp3) is 0.548. The molecule has 0 radical (unpaired) electrons. The van der Waals surface area contributed by atoms with Crippen molar-refractivity contribution in [2.24, 2.45) is 0 Å². The van der Waals surface area contributed by atoms with Crippen LogP contribution in [0.4, 0.5) is 0 Å². The highest BCUT2D eigenvalue weighted by Gasteiger charge is 2.51. The molecule has 0 saturated carbocycles. The number of aromatic hydroxyl groups is 1. The van der Waals surface area contributed by atoms with E-state index in [4.69, 9.17) is 33.2 Å². The summed E-state index contributed by atoms with van der Waals surface area (Å²) in [5, 5.41) is 52.0. The molecule has 1 amide bonds. The summed E-state index contributed by atoms with van der Waals surface area (Å²) in [6.07, 6.45) is -14.6. The molecule has 15 nitrogen and oxygen atoms in total. The number of ether oxygens (including phenoxy) is 7. The highest BCUT2D eigenvalue weighted by molar-refractivity contribution is 5.81. The minimum atomic E-state index is -1.63. The van der Waals surface area contributed by atoms with E-state index in [0.29, 0.717) is 5.56 Å². The lowest BCUT2D eigenvalue weighted by molar-refractivity contribution is -0.307. The number of aliphatic hydroxyl groups is 4. The number of aliphatic hydroxyl groups excluding tert-OH is 4. The number of phenolic OH excluding ortho intramolecular Hbond substituents is 1. The van der Waals surface area contributed by atoms with Gasteiger partial charge < -0.3 is 63.6 Å². The normalized spacial score (nSPS) is 31.3. The summed E-state index contributed by atoms with van der Waals surface area (Å²) in [6.45, 7) is -0.517. The number of benzene rings is 2. The Morgan fingerprint density at radius 1 is 0.739 bits per heavy atom. The average molecular weight is 652 g/mol. The molecule has 0 spiro atoms. The van der Waals surface area contributed by atoms with Crippen LogP contribution in [0, 0.1) is 0 Å². The Kier molecular flexibility index (Phi) is 12.8. The zero-order chi connectivity index (χ0) is 33.4. The van der Waals surface area contributed by atoms with Crippen molar-refractivity contribution in [3.05, 3.63) is 65.7 Å². The van der Waals surface area contributed by atoms with E-state index in [1.807, 2.05) is 30.3 Å². The maximum absolute atomic E-state index is 13.3. The van der Waals surface area contributed by atoms with Gasteiger partial charge in [0, 0.05) is 27.8 Å². The van der Waals surface area contributed by atoms with Crippen LogP contribution < -0.4 is 0 Å². The number of carbonyl (C=O) groups is 2. The molecular weight excluding hydrogens is 610 g/mol. The van der Waals surface area contributed by atoms with E-state index >= 15 is 0 Å². The summed E-state index contributed by atoms with van der Waals surface area (Å²) in [5.74, 6) is -1.38.